The Morgan fingerprint density at radius 2 is 1.30 bits per heavy atom. The molecule has 5 nitrogen and oxygen atoms in total. The van der Waals surface area contributed by atoms with Gasteiger partial charge >= 0.3 is 0 Å². The quantitative estimate of drug-likeness (QED) is 0.553. The maximum absolute atomic E-state index is 13.9. The molecule has 0 aliphatic carbocycles. The van der Waals surface area contributed by atoms with Crippen molar-refractivity contribution < 1.29 is 18.3 Å². The summed E-state index contributed by atoms with van der Waals surface area (Å²) in [6, 6.07) is 29.5. The molecule has 1 fully saturated rings. The zero-order valence-corrected chi connectivity index (χ0v) is 20.0. The van der Waals surface area contributed by atoms with Crippen LogP contribution < -0.4 is 15.9 Å². The molecule has 3 aromatic carbocycles. The van der Waals surface area contributed by atoms with Crippen LogP contribution in [-0.4, -0.2) is 41.9 Å². The van der Waals surface area contributed by atoms with E-state index in [1.165, 1.54) is 4.31 Å². The van der Waals surface area contributed by atoms with E-state index in [1.807, 2.05) is 91.0 Å². The first-order valence-electron chi connectivity index (χ1n) is 10.9. The van der Waals surface area contributed by atoms with Gasteiger partial charge in [0.05, 0.1) is 5.54 Å². The van der Waals surface area contributed by atoms with Gasteiger partial charge in [-0.3, -0.25) is 4.79 Å². The van der Waals surface area contributed by atoms with Gasteiger partial charge in [0, 0.05) is 6.54 Å². The van der Waals surface area contributed by atoms with E-state index in [2.05, 4.69) is 0 Å². The van der Waals surface area contributed by atoms with Gasteiger partial charge in [0.2, 0.25) is 5.78 Å². The van der Waals surface area contributed by atoms with Crippen LogP contribution in [0.3, 0.4) is 0 Å². The molecule has 0 spiro atoms. The van der Waals surface area contributed by atoms with E-state index in [9.17, 15) is 18.3 Å². The Morgan fingerprint density at radius 1 is 0.879 bits per heavy atom. The largest absolute Gasteiger partial charge is 0.509 e. The van der Waals surface area contributed by atoms with E-state index < -0.39 is 33.5 Å². The number of rotatable bonds is 6. The van der Waals surface area contributed by atoms with Gasteiger partial charge in [-0.25, -0.2) is 8.42 Å². The van der Waals surface area contributed by atoms with Crippen LogP contribution in [-0.2, 0) is 14.8 Å². The summed E-state index contributed by atoms with van der Waals surface area (Å²) in [7, 11) is -6.59. The Kier molecular flexibility index (Phi) is 5.28. The summed E-state index contributed by atoms with van der Waals surface area (Å²) in [5.41, 5.74) is -1.00. The number of allylic oxidation sites excluding steroid dienone is 1. The van der Waals surface area contributed by atoms with Crippen LogP contribution in [0.25, 0.3) is 0 Å². The minimum atomic E-state index is -4.02. The first kappa shape index (κ1) is 22.0. The topological polar surface area (TPSA) is 74.7 Å². The van der Waals surface area contributed by atoms with E-state index in [-0.39, 0.29) is 11.9 Å². The molecular weight excluding hydrogens is 453 g/mol. The lowest BCUT2D eigenvalue weighted by atomic mass is 9.87. The number of benzene rings is 3. The number of fused-ring (bicyclic) bond motifs is 1. The third kappa shape index (κ3) is 3.20. The van der Waals surface area contributed by atoms with Crippen molar-refractivity contribution in [1.29, 1.82) is 0 Å². The molecule has 1 atom stereocenters. The van der Waals surface area contributed by atoms with Crippen molar-refractivity contribution in [2.75, 3.05) is 12.7 Å². The van der Waals surface area contributed by atoms with E-state index in [1.54, 1.807) is 6.92 Å². The molecule has 1 unspecified atom stereocenters. The van der Waals surface area contributed by atoms with Crippen molar-refractivity contribution in [2.45, 2.75) is 18.9 Å². The number of nitrogens with zero attached hydrogens (tertiary/aromatic N) is 1. The van der Waals surface area contributed by atoms with Gasteiger partial charge in [-0.2, -0.15) is 4.31 Å². The molecule has 1 N–H and O–H groups in total. The van der Waals surface area contributed by atoms with E-state index in [4.69, 9.17) is 0 Å². The van der Waals surface area contributed by atoms with Crippen LogP contribution >= 0.6 is 7.26 Å². The van der Waals surface area contributed by atoms with Crippen molar-refractivity contribution in [3.8, 4) is 0 Å². The van der Waals surface area contributed by atoms with E-state index >= 15 is 0 Å². The second-order valence-electron chi connectivity index (χ2n) is 8.68. The van der Waals surface area contributed by atoms with Crippen molar-refractivity contribution >= 4 is 39.0 Å². The molecule has 0 bridgehead atoms. The van der Waals surface area contributed by atoms with Gasteiger partial charge in [0.15, 0.2) is 4.91 Å². The fourth-order valence-corrected chi connectivity index (χ4v) is 11.2. The highest BCUT2D eigenvalue weighted by Gasteiger charge is 2.62. The lowest BCUT2D eigenvalue weighted by Gasteiger charge is -2.43. The highest BCUT2D eigenvalue weighted by atomic mass is 32.2. The molecule has 0 radical (unpaired) electrons. The van der Waals surface area contributed by atoms with E-state index in [0.29, 0.717) is 13.0 Å². The van der Waals surface area contributed by atoms with Crippen molar-refractivity contribution in [3.05, 3.63) is 102 Å². The Labute approximate surface area is 194 Å². The predicted octanol–water partition coefficient (Wildman–Crippen LogP) is 3.13. The van der Waals surface area contributed by atoms with Crippen LogP contribution in [0, 0.1) is 0 Å². The fourth-order valence-electron chi connectivity index (χ4n) is 4.97. The van der Waals surface area contributed by atoms with E-state index in [0.717, 1.165) is 15.9 Å². The third-order valence-electron chi connectivity index (χ3n) is 6.85. The fraction of sp³-hybridized carbons (Fsp3) is 0.192. The summed E-state index contributed by atoms with van der Waals surface area (Å²) in [5, 5.41) is 13.9. The lowest BCUT2D eigenvalue weighted by Crippen LogP contribution is -2.56. The molecule has 0 saturated carbocycles. The highest BCUT2D eigenvalue weighted by molar-refractivity contribution is 7.97. The van der Waals surface area contributed by atoms with Gasteiger partial charge < -0.3 is 5.11 Å². The number of aliphatic hydroxyl groups excluding tert-OH is 1. The predicted molar refractivity (Wildman–Crippen MR) is 133 cm³/mol. The second kappa shape index (κ2) is 7.91. The number of sulfonamides is 1. The zero-order chi connectivity index (χ0) is 23.3. The zero-order valence-electron chi connectivity index (χ0n) is 18.3. The Morgan fingerprint density at radius 3 is 1.61 bits per heavy atom. The summed E-state index contributed by atoms with van der Waals surface area (Å²) >= 11 is 0. The summed E-state index contributed by atoms with van der Waals surface area (Å²) in [4.78, 5) is 13.4. The summed E-state index contributed by atoms with van der Waals surface area (Å²) in [5.74, 6) is -0.848. The molecular formula is C26H25NO4PS+. The Hall–Kier alpha value is -2.79. The molecule has 0 amide bonds. The van der Waals surface area contributed by atoms with Crippen molar-refractivity contribution in [3.63, 3.8) is 0 Å². The average molecular weight is 479 g/mol. The number of aliphatic hydroxyl groups is 1. The number of carbonyl (C=O) groups excluding carboxylic acids is 1. The van der Waals surface area contributed by atoms with Gasteiger partial charge in [-0.05, 0) is 49.7 Å². The normalized spacial score (nSPS) is 22.0. The molecule has 5 rings (SSSR count). The maximum atomic E-state index is 13.9. The van der Waals surface area contributed by atoms with Gasteiger partial charge in [-0.15, -0.1) is 0 Å². The van der Waals surface area contributed by atoms with Crippen molar-refractivity contribution in [2.24, 2.45) is 0 Å². The second-order valence-corrected chi connectivity index (χ2v) is 14.0. The van der Waals surface area contributed by atoms with Crippen molar-refractivity contribution in [1.82, 2.24) is 4.31 Å². The molecule has 168 valence electrons. The molecule has 1 saturated heterocycles. The summed E-state index contributed by atoms with van der Waals surface area (Å²) in [6.45, 7) is 1.99. The number of hydrogen-bond acceptors (Lipinski definition) is 4. The maximum Gasteiger partial charge on any atom is 0.251 e. The van der Waals surface area contributed by atoms with Gasteiger partial charge in [0.1, 0.15) is 35.1 Å². The monoisotopic (exact) mass is 478 g/mol. The Balaban J connectivity index is 1.73. The number of Topliss-reactive ketones (excluding diaryl/α,β-unsaturated/α-hetero) is 1. The third-order valence-corrected chi connectivity index (χ3v) is 13.3. The molecule has 0 aromatic heterocycles. The van der Waals surface area contributed by atoms with Crippen LogP contribution in [0.1, 0.15) is 13.3 Å². The van der Waals surface area contributed by atoms with Crippen LogP contribution in [0.4, 0.5) is 0 Å². The summed E-state index contributed by atoms with van der Waals surface area (Å²) in [6.07, 6.45) is 0.485. The number of hydrogen-bond donors (Lipinski definition) is 1. The van der Waals surface area contributed by atoms with Gasteiger partial charge in [0.25, 0.3) is 10.0 Å². The minimum Gasteiger partial charge on any atom is -0.509 e. The standard InChI is InChI=1S/C26H24NO4PS/c1-26-17-18-27(26)33(30,31)24(25(26)29)23(28)19-32(20-11-5-2-6-12-20,21-13-7-3-8-14-21)22-15-9-4-10-16-22/h2-16H,17-19H2,1H3/p+1. The first-order valence-corrected chi connectivity index (χ1v) is 14.3. The number of ketones is 1. The lowest BCUT2D eigenvalue weighted by molar-refractivity contribution is -0.112. The smallest absolute Gasteiger partial charge is 0.251 e. The van der Waals surface area contributed by atoms with Gasteiger partial charge in [-0.1, -0.05) is 54.6 Å². The van der Waals surface area contributed by atoms with Crippen LogP contribution in [0.5, 0.6) is 0 Å². The first-order chi connectivity index (χ1) is 15.8. The average Bonchev–Trinajstić information content (AvgIpc) is 2.92. The molecule has 3 aromatic rings. The number of carbonyl (C=O) groups is 1. The van der Waals surface area contributed by atoms with Crippen LogP contribution in [0.15, 0.2) is 102 Å². The SMILES string of the molecule is CC12CCN1S(=O)(=O)C(C(=O)C[P+](c1ccccc1)(c1ccccc1)c1ccccc1)=C2O. The molecule has 2 aliphatic heterocycles. The molecule has 2 heterocycles. The highest BCUT2D eigenvalue weighted by Crippen LogP contribution is 2.57. The molecule has 7 heteroatoms. The molecule has 2 aliphatic rings. The van der Waals surface area contributed by atoms with Crippen LogP contribution in [0.2, 0.25) is 0 Å². The minimum absolute atomic E-state index is 0.0203. The molecule has 33 heavy (non-hydrogen) atoms. The summed E-state index contributed by atoms with van der Waals surface area (Å²) < 4.78 is 27.7. The Bertz CT molecular complexity index is 1240.